The normalized spacial score (nSPS) is 11.3. The van der Waals surface area contributed by atoms with Gasteiger partial charge in [-0.05, 0) is 43.8 Å². The van der Waals surface area contributed by atoms with Crippen LogP contribution in [0.3, 0.4) is 0 Å². The highest BCUT2D eigenvalue weighted by Gasteiger charge is 2.18. The molecule has 0 aliphatic heterocycles. The van der Waals surface area contributed by atoms with Gasteiger partial charge in [-0.15, -0.1) is 0 Å². The Morgan fingerprint density at radius 3 is 2.38 bits per heavy atom. The van der Waals surface area contributed by atoms with E-state index >= 15 is 0 Å². The van der Waals surface area contributed by atoms with E-state index in [0.29, 0.717) is 6.42 Å². The molecule has 0 unspecified atom stereocenters. The molecule has 16 heavy (non-hydrogen) atoms. The van der Waals surface area contributed by atoms with Crippen molar-refractivity contribution in [2.45, 2.75) is 26.1 Å². The highest BCUT2D eigenvalue weighted by Crippen LogP contribution is 2.30. The number of hydrogen-bond acceptors (Lipinski definition) is 3. The number of rotatable bonds is 5. The summed E-state index contributed by atoms with van der Waals surface area (Å²) in [6, 6.07) is 5.79. The van der Waals surface area contributed by atoms with Crippen LogP contribution < -0.4 is 9.16 Å². The number of aliphatic hydroxyl groups is 1. The molecule has 0 atom stereocenters. The Balaban J connectivity index is 2.97. The van der Waals surface area contributed by atoms with Crippen LogP contribution in [0.1, 0.15) is 5.56 Å². The third-order valence-corrected chi connectivity index (χ3v) is 2.88. The fourth-order valence-corrected chi connectivity index (χ4v) is 2.23. The number of aliphatic hydroxyl groups excluding tert-OH is 1. The highest BCUT2D eigenvalue weighted by atomic mass is 28.4. The third kappa shape index (κ3) is 3.87. The van der Waals surface area contributed by atoms with Gasteiger partial charge in [0.05, 0.1) is 7.11 Å². The molecule has 0 fully saturated rings. The van der Waals surface area contributed by atoms with Crippen molar-refractivity contribution in [1.82, 2.24) is 0 Å². The van der Waals surface area contributed by atoms with Gasteiger partial charge in [0, 0.05) is 6.61 Å². The second-order valence-electron chi connectivity index (χ2n) is 4.67. The van der Waals surface area contributed by atoms with Gasteiger partial charge in [-0.1, -0.05) is 6.07 Å². The monoisotopic (exact) mass is 240 g/mol. The summed E-state index contributed by atoms with van der Waals surface area (Å²) in [5, 5.41) is 8.91. The van der Waals surface area contributed by atoms with E-state index in [9.17, 15) is 0 Å². The van der Waals surface area contributed by atoms with Crippen LogP contribution in [-0.2, 0) is 6.42 Å². The Labute approximate surface area is 98.1 Å². The van der Waals surface area contributed by atoms with Crippen LogP contribution in [0.5, 0.6) is 11.5 Å². The summed E-state index contributed by atoms with van der Waals surface area (Å²) in [7, 11) is 0.00295. The standard InChI is InChI=1S/C12H20O3Si/c1-14-11-6-5-10(7-8-13)9-12(11)15-16(2,3)4/h5-6,9,13H,7-8H2,1-4H3. The van der Waals surface area contributed by atoms with Crippen molar-refractivity contribution in [3.63, 3.8) is 0 Å². The first-order valence-electron chi connectivity index (χ1n) is 5.43. The molecule has 1 aromatic rings. The van der Waals surface area contributed by atoms with Gasteiger partial charge < -0.3 is 14.3 Å². The molecular weight excluding hydrogens is 220 g/mol. The van der Waals surface area contributed by atoms with E-state index in [4.69, 9.17) is 14.3 Å². The largest absolute Gasteiger partial charge is 0.542 e. The molecule has 4 heteroatoms. The second-order valence-corrected chi connectivity index (χ2v) is 9.10. The summed E-state index contributed by atoms with van der Waals surface area (Å²) in [4.78, 5) is 0. The number of hydrogen-bond donors (Lipinski definition) is 1. The predicted molar refractivity (Wildman–Crippen MR) is 67.8 cm³/mol. The molecule has 0 amide bonds. The molecule has 0 bridgehead atoms. The van der Waals surface area contributed by atoms with Gasteiger partial charge in [0.2, 0.25) is 8.32 Å². The van der Waals surface area contributed by atoms with Crippen LogP contribution in [-0.4, -0.2) is 27.1 Å². The van der Waals surface area contributed by atoms with Crippen LogP contribution >= 0.6 is 0 Å². The average molecular weight is 240 g/mol. The van der Waals surface area contributed by atoms with E-state index < -0.39 is 8.32 Å². The second kappa shape index (κ2) is 5.36. The van der Waals surface area contributed by atoms with Crippen molar-refractivity contribution >= 4 is 8.32 Å². The third-order valence-electron chi connectivity index (χ3n) is 2.04. The smallest absolute Gasteiger partial charge is 0.242 e. The van der Waals surface area contributed by atoms with E-state index in [2.05, 4.69) is 19.6 Å². The SMILES string of the molecule is COc1ccc(CCO)cc1O[Si](C)(C)C. The molecule has 0 radical (unpaired) electrons. The van der Waals surface area contributed by atoms with E-state index in [1.165, 1.54) is 0 Å². The lowest BCUT2D eigenvalue weighted by Crippen LogP contribution is -2.29. The maximum Gasteiger partial charge on any atom is 0.242 e. The van der Waals surface area contributed by atoms with Crippen molar-refractivity contribution < 1.29 is 14.3 Å². The first-order chi connectivity index (χ1) is 7.46. The van der Waals surface area contributed by atoms with Gasteiger partial charge >= 0.3 is 0 Å². The Kier molecular flexibility index (Phi) is 4.38. The molecule has 1 N–H and O–H groups in total. The average Bonchev–Trinajstić information content (AvgIpc) is 2.16. The summed E-state index contributed by atoms with van der Waals surface area (Å²) < 4.78 is 11.2. The van der Waals surface area contributed by atoms with Crippen LogP contribution in [0.2, 0.25) is 19.6 Å². The predicted octanol–water partition coefficient (Wildman–Crippen LogP) is 2.44. The molecule has 0 aromatic heterocycles. The van der Waals surface area contributed by atoms with Crippen LogP contribution in [0.15, 0.2) is 18.2 Å². The summed E-state index contributed by atoms with van der Waals surface area (Å²) in [5.41, 5.74) is 1.07. The number of benzene rings is 1. The van der Waals surface area contributed by atoms with Crippen molar-refractivity contribution in [3.05, 3.63) is 23.8 Å². The molecule has 3 nitrogen and oxygen atoms in total. The molecule has 0 heterocycles. The van der Waals surface area contributed by atoms with E-state index in [0.717, 1.165) is 17.1 Å². The summed E-state index contributed by atoms with van der Waals surface area (Å²) >= 11 is 0. The lowest BCUT2D eigenvalue weighted by Gasteiger charge is -2.21. The Morgan fingerprint density at radius 2 is 1.88 bits per heavy atom. The maximum absolute atomic E-state index is 8.91. The zero-order valence-corrected chi connectivity index (χ0v) is 11.4. The molecule has 0 saturated heterocycles. The topological polar surface area (TPSA) is 38.7 Å². The first kappa shape index (κ1) is 13.1. The van der Waals surface area contributed by atoms with Gasteiger partial charge in [0.1, 0.15) is 5.75 Å². The fraction of sp³-hybridized carbons (Fsp3) is 0.500. The zero-order chi connectivity index (χ0) is 12.2. The molecule has 0 aliphatic carbocycles. The Hall–Kier alpha value is -1.00. The van der Waals surface area contributed by atoms with E-state index in [1.54, 1.807) is 7.11 Å². The van der Waals surface area contributed by atoms with Gasteiger partial charge in [-0.2, -0.15) is 0 Å². The minimum absolute atomic E-state index is 0.152. The van der Waals surface area contributed by atoms with Crippen molar-refractivity contribution in [2.75, 3.05) is 13.7 Å². The van der Waals surface area contributed by atoms with Gasteiger partial charge in [-0.25, -0.2) is 0 Å². The van der Waals surface area contributed by atoms with Gasteiger partial charge in [0.25, 0.3) is 0 Å². The summed E-state index contributed by atoms with van der Waals surface area (Å²) in [6.45, 7) is 6.54. The lowest BCUT2D eigenvalue weighted by atomic mass is 10.1. The highest BCUT2D eigenvalue weighted by molar-refractivity contribution is 6.70. The molecule has 0 aliphatic rings. The lowest BCUT2D eigenvalue weighted by molar-refractivity contribution is 0.299. The molecule has 90 valence electrons. The van der Waals surface area contributed by atoms with Crippen LogP contribution in [0.4, 0.5) is 0 Å². The summed E-state index contributed by atoms with van der Waals surface area (Å²) in [5.74, 6) is 1.54. The zero-order valence-electron chi connectivity index (χ0n) is 10.4. The van der Waals surface area contributed by atoms with E-state index in [1.807, 2.05) is 18.2 Å². The molecule has 0 saturated carbocycles. The summed E-state index contributed by atoms with van der Waals surface area (Å²) in [6.07, 6.45) is 0.645. The van der Waals surface area contributed by atoms with Crippen molar-refractivity contribution in [3.8, 4) is 11.5 Å². The maximum atomic E-state index is 8.91. The Bertz CT molecular complexity index is 345. The van der Waals surface area contributed by atoms with Crippen molar-refractivity contribution in [1.29, 1.82) is 0 Å². The first-order valence-corrected chi connectivity index (χ1v) is 8.84. The molecule has 1 rings (SSSR count). The fourth-order valence-electron chi connectivity index (χ4n) is 1.42. The molecular formula is C12H20O3Si. The minimum atomic E-state index is -1.63. The minimum Gasteiger partial charge on any atom is -0.542 e. The van der Waals surface area contributed by atoms with E-state index in [-0.39, 0.29) is 6.61 Å². The Morgan fingerprint density at radius 1 is 1.19 bits per heavy atom. The molecule has 0 spiro atoms. The van der Waals surface area contributed by atoms with Gasteiger partial charge in [-0.3, -0.25) is 0 Å². The van der Waals surface area contributed by atoms with Crippen LogP contribution in [0, 0.1) is 0 Å². The quantitative estimate of drug-likeness (QED) is 0.803. The number of methoxy groups -OCH3 is 1. The van der Waals surface area contributed by atoms with Crippen LogP contribution in [0.25, 0.3) is 0 Å². The molecule has 1 aromatic carbocycles. The van der Waals surface area contributed by atoms with Gasteiger partial charge in [0.15, 0.2) is 5.75 Å². The van der Waals surface area contributed by atoms with Crippen molar-refractivity contribution in [2.24, 2.45) is 0 Å². The number of ether oxygens (including phenoxy) is 1.